The molecule has 2 heterocycles. The van der Waals surface area contributed by atoms with Gasteiger partial charge in [0.2, 0.25) is 5.91 Å². The highest BCUT2D eigenvalue weighted by molar-refractivity contribution is 5.81. The zero-order valence-electron chi connectivity index (χ0n) is 12.7. The molecule has 0 saturated carbocycles. The Morgan fingerprint density at radius 1 is 1.19 bits per heavy atom. The largest absolute Gasteiger partial charge is 0.393 e. The number of fused-ring (bicyclic) bond motifs is 1. The van der Waals surface area contributed by atoms with Crippen LogP contribution in [0.25, 0.3) is 0 Å². The van der Waals surface area contributed by atoms with Gasteiger partial charge in [-0.3, -0.25) is 9.69 Å². The van der Waals surface area contributed by atoms with Crippen LogP contribution in [0.4, 0.5) is 0 Å². The van der Waals surface area contributed by atoms with E-state index in [4.69, 9.17) is 0 Å². The standard InChI is InChI=1S/C17H24N2O2/c1-13(18-10-7-16(20)8-11-18)17(21)19-9-6-14-4-2-3-5-15(14)12-19/h2-5,13,16,20H,6-12H2,1H3. The van der Waals surface area contributed by atoms with Crippen molar-refractivity contribution >= 4 is 5.91 Å². The van der Waals surface area contributed by atoms with E-state index in [-0.39, 0.29) is 18.1 Å². The number of carbonyl (C=O) groups excluding carboxylic acids is 1. The summed E-state index contributed by atoms with van der Waals surface area (Å²) in [6.07, 6.45) is 2.32. The molecule has 2 aliphatic rings. The third-order valence-corrected chi connectivity index (χ3v) is 4.85. The smallest absolute Gasteiger partial charge is 0.239 e. The molecule has 2 aliphatic heterocycles. The van der Waals surface area contributed by atoms with Crippen LogP contribution < -0.4 is 0 Å². The first-order chi connectivity index (χ1) is 10.1. The number of hydrogen-bond donors (Lipinski definition) is 1. The van der Waals surface area contributed by atoms with E-state index in [1.54, 1.807) is 0 Å². The molecule has 1 atom stereocenters. The molecule has 3 rings (SSSR count). The quantitative estimate of drug-likeness (QED) is 0.895. The van der Waals surface area contributed by atoms with Gasteiger partial charge in [0.1, 0.15) is 0 Å². The third-order valence-electron chi connectivity index (χ3n) is 4.85. The van der Waals surface area contributed by atoms with E-state index < -0.39 is 0 Å². The summed E-state index contributed by atoms with van der Waals surface area (Å²) in [6.45, 7) is 5.18. The van der Waals surface area contributed by atoms with Crippen molar-refractivity contribution in [3.05, 3.63) is 35.4 Å². The van der Waals surface area contributed by atoms with E-state index in [1.165, 1.54) is 11.1 Å². The summed E-state index contributed by atoms with van der Waals surface area (Å²) in [6, 6.07) is 8.31. The van der Waals surface area contributed by atoms with E-state index in [9.17, 15) is 9.90 Å². The lowest BCUT2D eigenvalue weighted by molar-refractivity contribution is -0.138. The lowest BCUT2D eigenvalue weighted by atomic mass is 9.99. The molecule has 1 unspecified atom stereocenters. The van der Waals surface area contributed by atoms with Gasteiger partial charge in [-0.15, -0.1) is 0 Å². The van der Waals surface area contributed by atoms with Crippen molar-refractivity contribution in [2.24, 2.45) is 0 Å². The minimum atomic E-state index is -0.189. The third kappa shape index (κ3) is 3.11. The van der Waals surface area contributed by atoms with Crippen LogP contribution in [0, 0.1) is 0 Å². The summed E-state index contributed by atoms with van der Waals surface area (Å²) in [4.78, 5) is 16.9. The first-order valence-corrected chi connectivity index (χ1v) is 7.93. The summed E-state index contributed by atoms with van der Waals surface area (Å²) in [5.74, 6) is 0.223. The van der Waals surface area contributed by atoms with Gasteiger partial charge in [0.05, 0.1) is 12.1 Å². The number of amides is 1. The van der Waals surface area contributed by atoms with Crippen LogP contribution in [0.1, 0.15) is 30.9 Å². The Morgan fingerprint density at radius 3 is 2.57 bits per heavy atom. The van der Waals surface area contributed by atoms with Crippen molar-refractivity contribution in [2.75, 3.05) is 19.6 Å². The molecule has 0 bridgehead atoms. The summed E-state index contributed by atoms with van der Waals surface area (Å²) in [5, 5.41) is 9.58. The van der Waals surface area contributed by atoms with E-state index in [1.807, 2.05) is 17.9 Å². The monoisotopic (exact) mass is 288 g/mol. The van der Waals surface area contributed by atoms with E-state index in [0.717, 1.165) is 45.4 Å². The maximum Gasteiger partial charge on any atom is 0.239 e. The minimum absolute atomic E-state index is 0.0808. The lowest BCUT2D eigenvalue weighted by Crippen LogP contribution is -2.51. The number of hydrogen-bond acceptors (Lipinski definition) is 3. The van der Waals surface area contributed by atoms with Crippen molar-refractivity contribution in [1.29, 1.82) is 0 Å². The molecule has 0 radical (unpaired) electrons. The second kappa shape index (κ2) is 6.16. The number of likely N-dealkylation sites (tertiary alicyclic amines) is 1. The van der Waals surface area contributed by atoms with Crippen LogP contribution in [0.15, 0.2) is 24.3 Å². The molecule has 1 N–H and O–H groups in total. The highest BCUT2D eigenvalue weighted by Gasteiger charge is 2.30. The van der Waals surface area contributed by atoms with Gasteiger partial charge in [-0.05, 0) is 37.3 Å². The van der Waals surface area contributed by atoms with Crippen molar-refractivity contribution in [2.45, 2.75) is 44.9 Å². The van der Waals surface area contributed by atoms with Crippen LogP contribution in [0.2, 0.25) is 0 Å². The Balaban J connectivity index is 1.63. The predicted octanol–water partition coefficient (Wildman–Crippen LogP) is 1.42. The second-order valence-electron chi connectivity index (χ2n) is 6.22. The predicted molar refractivity (Wildman–Crippen MR) is 81.8 cm³/mol. The molecule has 114 valence electrons. The van der Waals surface area contributed by atoms with Crippen molar-refractivity contribution in [1.82, 2.24) is 9.80 Å². The summed E-state index contributed by atoms with van der Waals surface area (Å²) in [7, 11) is 0. The van der Waals surface area contributed by atoms with Gasteiger partial charge >= 0.3 is 0 Å². The number of aliphatic hydroxyl groups is 1. The zero-order chi connectivity index (χ0) is 14.8. The summed E-state index contributed by atoms with van der Waals surface area (Å²) >= 11 is 0. The maximum absolute atomic E-state index is 12.7. The molecule has 0 aromatic heterocycles. The van der Waals surface area contributed by atoms with Crippen LogP contribution in [-0.4, -0.2) is 52.6 Å². The number of rotatable bonds is 2. The van der Waals surface area contributed by atoms with E-state index >= 15 is 0 Å². The van der Waals surface area contributed by atoms with Crippen molar-refractivity contribution in [3.63, 3.8) is 0 Å². The number of aliphatic hydroxyl groups excluding tert-OH is 1. The lowest BCUT2D eigenvalue weighted by Gasteiger charge is -2.37. The van der Waals surface area contributed by atoms with Gasteiger partial charge in [0.15, 0.2) is 0 Å². The fourth-order valence-corrected chi connectivity index (χ4v) is 3.38. The molecule has 1 fully saturated rings. The zero-order valence-corrected chi connectivity index (χ0v) is 12.7. The molecule has 4 nitrogen and oxygen atoms in total. The number of piperidine rings is 1. The van der Waals surface area contributed by atoms with Gasteiger partial charge in [-0.1, -0.05) is 24.3 Å². The Hall–Kier alpha value is -1.39. The average molecular weight is 288 g/mol. The van der Waals surface area contributed by atoms with E-state index in [0.29, 0.717) is 0 Å². The van der Waals surface area contributed by atoms with Gasteiger partial charge in [-0.2, -0.15) is 0 Å². The number of carbonyl (C=O) groups is 1. The minimum Gasteiger partial charge on any atom is -0.393 e. The molecule has 1 amide bonds. The van der Waals surface area contributed by atoms with Crippen LogP contribution >= 0.6 is 0 Å². The molecule has 1 aromatic rings. The van der Waals surface area contributed by atoms with Gasteiger partial charge in [0, 0.05) is 26.2 Å². The Kier molecular flexibility index (Phi) is 4.27. The molecular formula is C17H24N2O2. The van der Waals surface area contributed by atoms with Crippen molar-refractivity contribution < 1.29 is 9.90 Å². The van der Waals surface area contributed by atoms with Crippen LogP contribution in [-0.2, 0) is 17.8 Å². The molecule has 0 aliphatic carbocycles. The molecular weight excluding hydrogens is 264 g/mol. The Labute approximate surface area is 126 Å². The van der Waals surface area contributed by atoms with Crippen LogP contribution in [0.3, 0.4) is 0 Å². The first kappa shape index (κ1) is 14.5. The Bertz CT molecular complexity index is 509. The first-order valence-electron chi connectivity index (χ1n) is 7.93. The molecule has 1 aromatic carbocycles. The molecule has 0 spiro atoms. The topological polar surface area (TPSA) is 43.8 Å². The summed E-state index contributed by atoms with van der Waals surface area (Å²) in [5.41, 5.74) is 2.65. The summed E-state index contributed by atoms with van der Waals surface area (Å²) < 4.78 is 0. The number of benzene rings is 1. The SMILES string of the molecule is CC(C(=O)N1CCc2ccccc2C1)N1CCC(O)CC1. The molecule has 1 saturated heterocycles. The molecule has 21 heavy (non-hydrogen) atoms. The van der Waals surface area contributed by atoms with Gasteiger partial charge in [-0.25, -0.2) is 0 Å². The highest BCUT2D eigenvalue weighted by Crippen LogP contribution is 2.21. The number of nitrogens with zero attached hydrogens (tertiary/aromatic N) is 2. The van der Waals surface area contributed by atoms with Crippen LogP contribution in [0.5, 0.6) is 0 Å². The maximum atomic E-state index is 12.7. The second-order valence-corrected chi connectivity index (χ2v) is 6.22. The normalized spacial score (nSPS) is 21.9. The van der Waals surface area contributed by atoms with Crippen molar-refractivity contribution in [3.8, 4) is 0 Å². The average Bonchev–Trinajstić information content (AvgIpc) is 2.54. The highest BCUT2D eigenvalue weighted by atomic mass is 16.3. The molecule has 4 heteroatoms. The van der Waals surface area contributed by atoms with Gasteiger partial charge in [0.25, 0.3) is 0 Å². The Morgan fingerprint density at radius 2 is 1.86 bits per heavy atom. The fraction of sp³-hybridized carbons (Fsp3) is 0.588. The fourth-order valence-electron chi connectivity index (χ4n) is 3.38. The van der Waals surface area contributed by atoms with E-state index in [2.05, 4.69) is 23.1 Å². The van der Waals surface area contributed by atoms with Gasteiger partial charge < -0.3 is 10.0 Å².